The molecule has 0 aliphatic heterocycles. The topological polar surface area (TPSA) is 15.3 Å². The minimum absolute atomic E-state index is 0.527. The number of hydrogen-bond donors (Lipinski definition) is 1. The van der Waals surface area contributed by atoms with Gasteiger partial charge in [-0.25, -0.2) is 0 Å². The van der Waals surface area contributed by atoms with Crippen molar-refractivity contribution in [1.82, 2.24) is 10.4 Å². The van der Waals surface area contributed by atoms with E-state index in [2.05, 4.69) is 40.3 Å². The average molecular weight is 256 g/mol. The Morgan fingerprint density at radius 3 is 1.61 bits per heavy atom. The molecule has 0 radical (unpaired) electrons. The van der Waals surface area contributed by atoms with Gasteiger partial charge in [-0.2, -0.15) is 0 Å². The number of nitrogens with one attached hydrogen (secondary N) is 1. The summed E-state index contributed by atoms with van der Waals surface area (Å²) < 4.78 is 0. The summed E-state index contributed by atoms with van der Waals surface area (Å²) in [5.41, 5.74) is 3.84. The van der Waals surface area contributed by atoms with E-state index in [0.717, 1.165) is 6.54 Å². The summed E-state index contributed by atoms with van der Waals surface area (Å²) >= 11 is 0. The molecule has 0 aliphatic carbocycles. The first-order valence-corrected chi connectivity index (χ1v) is 7.83. The zero-order valence-electron chi connectivity index (χ0n) is 13.5. The molecule has 110 valence electrons. The maximum Gasteiger partial charge on any atom is 0.0102 e. The van der Waals surface area contributed by atoms with Gasteiger partial charge in [0.1, 0.15) is 0 Å². The van der Waals surface area contributed by atoms with Crippen LogP contribution in [0.4, 0.5) is 0 Å². The predicted molar refractivity (Wildman–Crippen MR) is 82.7 cm³/mol. The van der Waals surface area contributed by atoms with E-state index < -0.39 is 0 Å². The molecule has 1 N–H and O–H groups in total. The molecule has 0 unspecified atom stereocenters. The molecule has 0 aromatic carbocycles. The highest BCUT2D eigenvalue weighted by Crippen LogP contribution is 2.22. The second-order valence-electron chi connectivity index (χ2n) is 6.94. The molecule has 2 heteroatoms. The zero-order chi connectivity index (χ0) is 13.9. The van der Waals surface area contributed by atoms with Gasteiger partial charge in [-0.05, 0) is 18.3 Å². The summed E-state index contributed by atoms with van der Waals surface area (Å²) in [6.07, 6.45) is 12.6. The van der Waals surface area contributed by atoms with Crippen LogP contribution in [0.2, 0.25) is 0 Å². The van der Waals surface area contributed by atoms with E-state index in [4.69, 9.17) is 0 Å². The Labute approximate surface area is 115 Å². The smallest absolute Gasteiger partial charge is 0.0102 e. The van der Waals surface area contributed by atoms with Crippen molar-refractivity contribution in [3.05, 3.63) is 0 Å². The third-order valence-corrected chi connectivity index (χ3v) is 3.28. The van der Waals surface area contributed by atoms with Crippen LogP contribution in [0.5, 0.6) is 0 Å². The van der Waals surface area contributed by atoms with Gasteiger partial charge >= 0.3 is 0 Å². The van der Waals surface area contributed by atoms with E-state index in [0.29, 0.717) is 5.41 Å². The predicted octanol–water partition coefficient (Wildman–Crippen LogP) is 4.61. The number of hydrogen-bond acceptors (Lipinski definition) is 2. The van der Waals surface area contributed by atoms with Crippen LogP contribution in [-0.2, 0) is 0 Å². The van der Waals surface area contributed by atoms with Crippen molar-refractivity contribution in [2.24, 2.45) is 5.41 Å². The lowest BCUT2D eigenvalue weighted by atomic mass is 9.89. The molecule has 2 nitrogen and oxygen atoms in total. The molecule has 0 bridgehead atoms. The van der Waals surface area contributed by atoms with Gasteiger partial charge in [0.2, 0.25) is 0 Å². The van der Waals surface area contributed by atoms with Gasteiger partial charge in [-0.3, -0.25) is 10.4 Å². The Bertz CT molecular complexity index is 170. The van der Waals surface area contributed by atoms with Crippen molar-refractivity contribution in [2.75, 3.05) is 20.6 Å². The van der Waals surface area contributed by atoms with Gasteiger partial charge in [0.25, 0.3) is 0 Å². The summed E-state index contributed by atoms with van der Waals surface area (Å²) in [7, 11) is 4.11. The maximum absolute atomic E-state index is 3.31. The average Bonchev–Trinajstić information content (AvgIpc) is 2.24. The highest BCUT2D eigenvalue weighted by molar-refractivity contribution is 4.61. The Morgan fingerprint density at radius 2 is 1.17 bits per heavy atom. The normalized spacial score (nSPS) is 12.3. The molecule has 0 atom stereocenters. The molecule has 18 heavy (non-hydrogen) atoms. The van der Waals surface area contributed by atoms with Crippen molar-refractivity contribution >= 4 is 0 Å². The van der Waals surface area contributed by atoms with E-state index in [1.807, 2.05) is 5.01 Å². The van der Waals surface area contributed by atoms with Crippen molar-refractivity contribution in [2.45, 2.75) is 78.6 Å². The Balaban J connectivity index is 3.04. The van der Waals surface area contributed by atoms with Crippen LogP contribution >= 0.6 is 0 Å². The monoisotopic (exact) mass is 256 g/mol. The van der Waals surface area contributed by atoms with E-state index in [1.54, 1.807) is 0 Å². The molecule has 0 heterocycles. The van der Waals surface area contributed by atoms with E-state index in [1.165, 1.54) is 57.8 Å². The standard InChI is InChI=1S/C16H36N2/c1-16(2,3)14-12-10-8-6-7-9-11-13-15-17-18(4)5/h17H,6-15H2,1-5H3. The fraction of sp³-hybridized carbons (Fsp3) is 1.00. The van der Waals surface area contributed by atoms with Crippen LogP contribution in [0, 0.1) is 5.41 Å². The zero-order valence-corrected chi connectivity index (χ0v) is 13.5. The van der Waals surface area contributed by atoms with Gasteiger partial charge in [0.15, 0.2) is 0 Å². The van der Waals surface area contributed by atoms with Gasteiger partial charge in [-0.1, -0.05) is 65.7 Å². The molecule has 0 saturated heterocycles. The van der Waals surface area contributed by atoms with Crippen molar-refractivity contribution in [3.8, 4) is 0 Å². The number of nitrogens with zero attached hydrogens (tertiary/aromatic N) is 1. The van der Waals surface area contributed by atoms with E-state index in [9.17, 15) is 0 Å². The molecule has 0 spiro atoms. The summed E-state index contributed by atoms with van der Waals surface area (Å²) in [5, 5.41) is 2.04. The SMILES string of the molecule is CN(C)NCCCCCCCCCCC(C)(C)C. The number of rotatable bonds is 11. The van der Waals surface area contributed by atoms with Crippen molar-refractivity contribution in [3.63, 3.8) is 0 Å². The van der Waals surface area contributed by atoms with Crippen LogP contribution in [0.1, 0.15) is 78.6 Å². The third kappa shape index (κ3) is 15.9. The molecule has 0 aliphatic rings. The fourth-order valence-corrected chi connectivity index (χ4v) is 2.14. The first kappa shape index (κ1) is 17.9. The quantitative estimate of drug-likeness (QED) is 0.429. The Kier molecular flexibility index (Phi) is 10.8. The molecule has 0 rings (SSSR count). The first-order valence-electron chi connectivity index (χ1n) is 7.83. The molecule has 0 aromatic rings. The molecular formula is C16H36N2. The lowest BCUT2D eigenvalue weighted by Crippen LogP contribution is -2.30. The highest BCUT2D eigenvalue weighted by Gasteiger charge is 2.08. The van der Waals surface area contributed by atoms with E-state index in [-0.39, 0.29) is 0 Å². The Hall–Kier alpha value is -0.0800. The lowest BCUT2D eigenvalue weighted by Gasteiger charge is -2.17. The summed E-state index contributed by atoms with van der Waals surface area (Å²) in [4.78, 5) is 0. The van der Waals surface area contributed by atoms with Crippen LogP contribution in [0.25, 0.3) is 0 Å². The summed E-state index contributed by atoms with van der Waals surface area (Å²) in [6, 6.07) is 0. The highest BCUT2D eigenvalue weighted by atomic mass is 15.5. The fourth-order valence-electron chi connectivity index (χ4n) is 2.14. The molecule has 0 amide bonds. The van der Waals surface area contributed by atoms with Crippen molar-refractivity contribution in [1.29, 1.82) is 0 Å². The van der Waals surface area contributed by atoms with E-state index >= 15 is 0 Å². The van der Waals surface area contributed by atoms with Crippen LogP contribution in [0.3, 0.4) is 0 Å². The van der Waals surface area contributed by atoms with Crippen LogP contribution in [0.15, 0.2) is 0 Å². The molecule has 0 fully saturated rings. The van der Waals surface area contributed by atoms with Gasteiger partial charge in [-0.15, -0.1) is 0 Å². The molecule has 0 aromatic heterocycles. The lowest BCUT2D eigenvalue weighted by molar-refractivity contribution is 0.286. The second-order valence-corrected chi connectivity index (χ2v) is 6.94. The summed E-state index contributed by atoms with van der Waals surface area (Å²) in [5.74, 6) is 0. The van der Waals surface area contributed by atoms with Gasteiger partial charge in [0, 0.05) is 20.6 Å². The van der Waals surface area contributed by atoms with Crippen LogP contribution in [-0.4, -0.2) is 25.6 Å². The first-order chi connectivity index (χ1) is 8.42. The molecule has 0 saturated carbocycles. The third-order valence-electron chi connectivity index (χ3n) is 3.28. The molecular weight excluding hydrogens is 220 g/mol. The Morgan fingerprint density at radius 1 is 0.722 bits per heavy atom. The minimum Gasteiger partial charge on any atom is -0.256 e. The van der Waals surface area contributed by atoms with Crippen molar-refractivity contribution < 1.29 is 0 Å². The van der Waals surface area contributed by atoms with Gasteiger partial charge in [0.05, 0.1) is 0 Å². The largest absolute Gasteiger partial charge is 0.256 e. The second kappa shape index (κ2) is 10.8. The minimum atomic E-state index is 0.527. The van der Waals surface area contributed by atoms with Gasteiger partial charge < -0.3 is 0 Å². The summed E-state index contributed by atoms with van der Waals surface area (Å²) in [6.45, 7) is 8.15. The number of hydrazine groups is 1. The maximum atomic E-state index is 3.31. The van der Waals surface area contributed by atoms with Crippen LogP contribution < -0.4 is 5.43 Å². The number of unbranched alkanes of at least 4 members (excludes halogenated alkanes) is 7.